The molecule has 0 aliphatic carbocycles. The van der Waals surface area contributed by atoms with Gasteiger partial charge in [-0.25, -0.2) is 0 Å². The van der Waals surface area contributed by atoms with Gasteiger partial charge in [-0.15, -0.1) is 0 Å². The van der Waals surface area contributed by atoms with E-state index in [0.29, 0.717) is 31.1 Å². The molecule has 0 spiro atoms. The second-order valence-corrected chi connectivity index (χ2v) is 7.54. The molecule has 1 atom stereocenters. The molecule has 1 amide bonds. The first-order chi connectivity index (χ1) is 10.9. The number of benzene rings is 1. The Hall–Kier alpha value is -1.60. The molecule has 1 aliphatic rings. The van der Waals surface area contributed by atoms with Crippen molar-refractivity contribution in [2.45, 2.75) is 40.0 Å². The van der Waals surface area contributed by atoms with E-state index in [9.17, 15) is 13.2 Å². The van der Waals surface area contributed by atoms with Crippen LogP contribution in [0.1, 0.15) is 39.2 Å². The number of nitrogens with zero attached hydrogens (tertiary/aromatic N) is 1. The Morgan fingerprint density at radius 2 is 2.04 bits per heavy atom. The highest BCUT2D eigenvalue weighted by Gasteiger charge is 2.28. The first-order valence-corrected chi connectivity index (χ1v) is 9.55. The molecule has 23 heavy (non-hydrogen) atoms. The van der Waals surface area contributed by atoms with Crippen molar-refractivity contribution < 1.29 is 13.2 Å². The van der Waals surface area contributed by atoms with Crippen LogP contribution in [0.4, 0.5) is 11.4 Å². The molecule has 0 aromatic heterocycles. The highest BCUT2D eigenvalue weighted by molar-refractivity contribution is 7.90. The molecule has 1 aliphatic heterocycles. The van der Waals surface area contributed by atoms with Crippen LogP contribution in [-0.4, -0.2) is 27.4 Å². The van der Waals surface area contributed by atoms with Crippen molar-refractivity contribution in [2.24, 2.45) is 5.92 Å². The number of carbonyl (C=O) groups excluding carboxylic acids is 1. The predicted octanol–water partition coefficient (Wildman–Crippen LogP) is 2.28. The Labute approximate surface area is 138 Å². The monoisotopic (exact) mass is 339 g/mol. The van der Waals surface area contributed by atoms with E-state index in [4.69, 9.17) is 0 Å². The molecule has 0 saturated heterocycles. The molecule has 2 N–H and O–H groups in total. The molecular weight excluding hydrogens is 314 g/mol. The lowest BCUT2D eigenvalue weighted by Crippen LogP contribution is -2.31. The standard InChI is InChI=1S/C16H25N3O3S/c1-4-8-17-23(21,22)18-14-6-7-15-13(9-14)10-16(20)19(15)11-12(3)5-2/h6-7,9,12,17-18H,4-5,8,10-11H2,1-3H3/t12-/m0/s1. The molecular formula is C16H25N3O3S. The Kier molecular flexibility index (Phi) is 5.64. The summed E-state index contributed by atoms with van der Waals surface area (Å²) in [6.45, 7) is 7.21. The van der Waals surface area contributed by atoms with Crippen molar-refractivity contribution in [3.63, 3.8) is 0 Å². The average molecular weight is 339 g/mol. The van der Waals surface area contributed by atoms with E-state index in [1.807, 2.05) is 13.0 Å². The molecule has 2 rings (SSSR count). The van der Waals surface area contributed by atoms with Gasteiger partial charge in [0.05, 0.1) is 12.1 Å². The van der Waals surface area contributed by atoms with Crippen LogP contribution in [0.2, 0.25) is 0 Å². The fraction of sp³-hybridized carbons (Fsp3) is 0.562. The van der Waals surface area contributed by atoms with Crippen molar-refractivity contribution in [3.8, 4) is 0 Å². The van der Waals surface area contributed by atoms with Gasteiger partial charge in [0.25, 0.3) is 10.2 Å². The van der Waals surface area contributed by atoms with Crippen LogP contribution in [0.15, 0.2) is 18.2 Å². The first-order valence-electron chi connectivity index (χ1n) is 8.07. The zero-order valence-electron chi connectivity index (χ0n) is 13.9. The summed E-state index contributed by atoms with van der Waals surface area (Å²) in [5.74, 6) is 0.505. The molecule has 0 unspecified atom stereocenters. The van der Waals surface area contributed by atoms with Crippen LogP contribution in [0.3, 0.4) is 0 Å². The summed E-state index contributed by atoms with van der Waals surface area (Å²) in [4.78, 5) is 14.0. The third-order valence-corrected chi connectivity index (χ3v) is 5.09. The minimum atomic E-state index is -3.56. The molecule has 1 aromatic rings. The number of rotatable bonds is 8. The largest absolute Gasteiger partial charge is 0.312 e. The molecule has 6 nitrogen and oxygen atoms in total. The van der Waals surface area contributed by atoms with Gasteiger partial charge in [-0.05, 0) is 36.1 Å². The molecule has 1 heterocycles. The van der Waals surface area contributed by atoms with Crippen LogP contribution in [-0.2, 0) is 21.4 Å². The Balaban J connectivity index is 2.15. The van der Waals surface area contributed by atoms with Gasteiger partial charge in [-0.3, -0.25) is 9.52 Å². The number of amides is 1. The summed E-state index contributed by atoms with van der Waals surface area (Å²) in [7, 11) is -3.56. The summed E-state index contributed by atoms with van der Waals surface area (Å²) < 4.78 is 28.7. The summed E-state index contributed by atoms with van der Waals surface area (Å²) in [5.41, 5.74) is 2.24. The van der Waals surface area contributed by atoms with Crippen LogP contribution < -0.4 is 14.3 Å². The van der Waals surface area contributed by atoms with Crippen molar-refractivity contribution in [1.82, 2.24) is 4.72 Å². The summed E-state index contributed by atoms with van der Waals surface area (Å²) in [6, 6.07) is 5.27. The van der Waals surface area contributed by atoms with Gasteiger partial charge in [0.2, 0.25) is 5.91 Å². The number of nitrogens with one attached hydrogen (secondary N) is 2. The van der Waals surface area contributed by atoms with Crippen molar-refractivity contribution in [3.05, 3.63) is 23.8 Å². The summed E-state index contributed by atoms with van der Waals surface area (Å²) in [6.07, 6.45) is 2.06. The maximum absolute atomic E-state index is 12.2. The lowest BCUT2D eigenvalue weighted by Gasteiger charge is -2.21. The van der Waals surface area contributed by atoms with E-state index in [2.05, 4.69) is 23.3 Å². The number of anilines is 2. The zero-order valence-corrected chi connectivity index (χ0v) is 14.7. The molecule has 1 aromatic carbocycles. The molecule has 7 heteroatoms. The molecule has 0 radical (unpaired) electrons. The van der Waals surface area contributed by atoms with Gasteiger partial charge in [-0.2, -0.15) is 13.1 Å². The predicted molar refractivity (Wildman–Crippen MR) is 92.8 cm³/mol. The number of hydrogen-bond donors (Lipinski definition) is 2. The highest BCUT2D eigenvalue weighted by Crippen LogP contribution is 2.32. The number of fused-ring (bicyclic) bond motifs is 1. The molecule has 0 saturated carbocycles. The number of hydrogen-bond acceptors (Lipinski definition) is 3. The fourth-order valence-corrected chi connectivity index (χ4v) is 3.50. The second kappa shape index (κ2) is 7.31. The summed E-state index contributed by atoms with van der Waals surface area (Å²) in [5, 5.41) is 0. The second-order valence-electron chi connectivity index (χ2n) is 6.04. The van der Waals surface area contributed by atoms with Gasteiger partial charge in [-0.1, -0.05) is 27.2 Å². The topological polar surface area (TPSA) is 78.5 Å². The van der Waals surface area contributed by atoms with Crippen LogP contribution in [0.25, 0.3) is 0 Å². The maximum Gasteiger partial charge on any atom is 0.299 e. The van der Waals surface area contributed by atoms with Gasteiger partial charge < -0.3 is 4.90 Å². The van der Waals surface area contributed by atoms with E-state index in [1.165, 1.54) is 0 Å². The normalized spacial score (nSPS) is 15.6. The summed E-state index contributed by atoms with van der Waals surface area (Å²) >= 11 is 0. The minimum absolute atomic E-state index is 0.0735. The molecule has 0 fully saturated rings. The average Bonchev–Trinajstić information content (AvgIpc) is 2.80. The van der Waals surface area contributed by atoms with Gasteiger partial charge in [0, 0.05) is 18.8 Å². The molecule has 128 valence electrons. The Morgan fingerprint density at radius 1 is 1.30 bits per heavy atom. The van der Waals surface area contributed by atoms with E-state index >= 15 is 0 Å². The highest BCUT2D eigenvalue weighted by atomic mass is 32.2. The SMILES string of the molecule is CCCNS(=O)(=O)Nc1ccc2c(c1)CC(=O)N2C[C@@H](C)CC. The number of carbonyl (C=O) groups is 1. The zero-order chi connectivity index (χ0) is 17.0. The third kappa shape index (κ3) is 4.45. The lowest BCUT2D eigenvalue weighted by atomic mass is 10.1. The van der Waals surface area contributed by atoms with Gasteiger partial charge in [0.15, 0.2) is 0 Å². The lowest BCUT2D eigenvalue weighted by molar-refractivity contribution is -0.117. The van der Waals surface area contributed by atoms with Crippen molar-refractivity contribution in [1.29, 1.82) is 0 Å². The fourth-order valence-electron chi connectivity index (χ4n) is 2.52. The first kappa shape index (κ1) is 17.7. The van der Waals surface area contributed by atoms with Crippen LogP contribution >= 0.6 is 0 Å². The van der Waals surface area contributed by atoms with E-state index < -0.39 is 10.2 Å². The Bertz CT molecular complexity index is 673. The van der Waals surface area contributed by atoms with Gasteiger partial charge >= 0.3 is 0 Å². The van der Waals surface area contributed by atoms with Crippen LogP contribution in [0, 0.1) is 5.92 Å². The van der Waals surface area contributed by atoms with Crippen molar-refractivity contribution in [2.75, 3.05) is 22.7 Å². The third-order valence-electron chi connectivity index (χ3n) is 4.00. The van der Waals surface area contributed by atoms with E-state index in [-0.39, 0.29) is 5.91 Å². The van der Waals surface area contributed by atoms with E-state index in [1.54, 1.807) is 17.0 Å². The van der Waals surface area contributed by atoms with Gasteiger partial charge in [0.1, 0.15) is 0 Å². The van der Waals surface area contributed by atoms with E-state index in [0.717, 1.165) is 24.1 Å². The van der Waals surface area contributed by atoms with Crippen LogP contribution in [0.5, 0.6) is 0 Å². The van der Waals surface area contributed by atoms with Crippen molar-refractivity contribution >= 4 is 27.5 Å². The quantitative estimate of drug-likeness (QED) is 0.763. The molecule has 0 bridgehead atoms. The Morgan fingerprint density at radius 3 is 2.70 bits per heavy atom. The maximum atomic E-state index is 12.2. The minimum Gasteiger partial charge on any atom is -0.312 e. The smallest absolute Gasteiger partial charge is 0.299 e.